The third-order valence-corrected chi connectivity index (χ3v) is 1.62. The van der Waals surface area contributed by atoms with Crippen LogP contribution in [0.1, 0.15) is 27.2 Å². The molecule has 0 aromatic carbocycles. The van der Waals surface area contributed by atoms with Gasteiger partial charge in [0.1, 0.15) is 5.38 Å². The number of hydrogen-bond acceptors (Lipinski definition) is 2. The van der Waals surface area contributed by atoms with E-state index in [1.54, 1.807) is 0 Å². The Morgan fingerprint density at radius 1 is 1.50 bits per heavy atom. The highest BCUT2D eigenvalue weighted by Gasteiger charge is 2.10. The zero-order valence-corrected chi connectivity index (χ0v) is 8.69. The Morgan fingerprint density at radius 2 is 2.08 bits per heavy atom. The fourth-order valence-corrected chi connectivity index (χ4v) is 0.692. The number of ether oxygens (including phenoxy) is 1. The second kappa shape index (κ2) is 5.40. The number of hydrogen-bond donors (Lipinski definition) is 0. The van der Waals surface area contributed by atoms with Gasteiger partial charge in [-0.15, -0.1) is 11.6 Å². The molecule has 0 aromatic rings. The average Bonchev–Trinajstić information content (AvgIpc) is 1.96. The fourth-order valence-electron chi connectivity index (χ4n) is 0.602. The number of alkyl halides is 1. The van der Waals surface area contributed by atoms with Crippen molar-refractivity contribution in [3.63, 3.8) is 0 Å². The summed E-state index contributed by atoms with van der Waals surface area (Å²) in [6.07, 6.45) is 0.988. The first-order chi connectivity index (χ1) is 5.45. The quantitative estimate of drug-likeness (QED) is 0.503. The van der Waals surface area contributed by atoms with Crippen LogP contribution < -0.4 is 0 Å². The van der Waals surface area contributed by atoms with Gasteiger partial charge in [-0.1, -0.05) is 20.8 Å². The van der Waals surface area contributed by atoms with Crippen molar-refractivity contribution in [1.29, 1.82) is 5.26 Å². The third-order valence-electron chi connectivity index (χ3n) is 1.40. The molecule has 0 amide bonds. The van der Waals surface area contributed by atoms with E-state index in [2.05, 4.69) is 20.8 Å². The van der Waals surface area contributed by atoms with Crippen molar-refractivity contribution in [1.82, 2.24) is 0 Å². The van der Waals surface area contributed by atoms with E-state index in [9.17, 15) is 0 Å². The molecule has 0 aliphatic rings. The van der Waals surface area contributed by atoms with E-state index in [-0.39, 0.29) is 5.41 Å². The van der Waals surface area contributed by atoms with Gasteiger partial charge >= 0.3 is 0 Å². The van der Waals surface area contributed by atoms with Crippen molar-refractivity contribution in [2.75, 3.05) is 13.2 Å². The Kier molecular flexibility index (Phi) is 5.28. The van der Waals surface area contributed by atoms with Crippen LogP contribution in [0.5, 0.6) is 0 Å². The van der Waals surface area contributed by atoms with Crippen molar-refractivity contribution in [2.24, 2.45) is 5.41 Å². The highest BCUT2D eigenvalue weighted by Crippen LogP contribution is 2.17. The predicted octanol–water partition coefficient (Wildman–Crippen LogP) is 2.57. The number of nitrogens with zero attached hydrogens (tertiary/aromatic N) is 1. The Hall–Kier alpha value is -0.260. The smallest absolute Gasteiger partial charge is 0.143 e. The zero-order chi connectivity index (χ0) is 9.61. The van der Waals surface area contributed by atoms with E-state index < -0.39 is 5.38 Å². The Bertz CT molecular complexity index is 157. The lowest BCUT2D eigenvalue weighted by atomic mass is 9.93. The summed E-state index contributed by atoms with van der Waals surface area (Å²) < 4.78 is 5.21. The van der Waals surface area contributed by atoms with Crippen molar-refractivity contribution in [3.8, 4) is 6.07 Å². The summed E-state index contributed by atoms with van der Waals surface area (Å²) in [5.74, 6) is 0. The number of nitriles is 1. The van der Waals surface area contributed by atoms with Gasteiger partial charge in [0.15, 0.2) is 0 Å². The van der Waals surface area contributed by atoms with Crippen molar-refractivity contribution in [2.45, 2.75) is 32.6 Å². The molecule has 2 nitrogen and oxygen atoms in total. The second-order valence-electron chi connectivity index (χ2n) is 3.98. The molecule has 12 heavy (non-hydrogen) atoms. The summed E-state index contributed by atoms with van der Waals surface area (Å²) in [6.45, 7) is 7.46. The highest BCUT2D eigenvalue weighted by atomic mass is 35.5. The molecule has 0 aromatic heterocycles. The molecule has 0 N–H and O–H groups in total. The van der Waals surface area contributed by atoms with Crippen LogP contribution in [0, 0.1) is 16.7 Å². The van der Waals surface area contributed by atoms with Gasteiger partial charge < -0.3 is 4.74 Å². The molecular weight excluding hydrogens is 174 g/mol. The van der Waals surface area contributed by atoms with Gasteiger partial charge in [-0.05, 0) is 11.8 Å². The van der Waals surface area contributed by atoms with Gasteiger partial charge in [0.25, 0.3) is 0 Å². The third kappa shape index (κ3) is 7.84. The maximum absolute atomic E-state index is 8.33. The van der Waals surface area contributed by atoms with E-state index in [0.717, 1.165) is 6.42 Å². The SMILES string of the molecule is CC(C)(C)CCOCC(Cl)C#N. The summed E-state index contributed by atoms with van der Waals surface area (Å²) in [4.78, 5) is 0. The van der Waals surface area contributed by atoms with Crippen LogP contribution in [-0.2, 0) is 4.74 Å². The lowest BCUT2D eigenvalue weighted by Crippen LogP contribution is -2.13. The summed E-state index contributed by atoms with van der Waals surface area (Å²) in [7, 11) is 0. The van der Waals surface area contributed by atoms with Crippen LogP contribution in [0.3, 0.4) is 0 Å². The van der Waals surface area contributed by atoms with Crippen LogP contribution in [0.15, 0.2) is 0 Å². The van der Waals surface area contributed by atoms with Crippen LogP contribution in [0.25, 0.3) is 0 Å². The summed E-state index contributed by atoms with van der Waals surface area (Å²) in [6, 6.07) is 1.90. The lowest BCUT2D eigenvalue weighted by Gasteiger charge is -2.17. The molecular formula is C9H16ClNO. The maximum Gasteiger partial charge on any atom is 0.143 e. The van der Waals surface area contributed by atoms with Gasteiger partial charge in [0.2, 0.25) is 0 Å². The largest absolute Gasteiger partial charge is 0.379 e. The van der Waals surface area contributed by atoms with Gasteiger partial charge in [-0.3, -0.25) is 0 Å². The van der Waals surface area contributed by atoms with Crippen LogP contribution in [-0.4, -0.2) is 18.6 Å². The van der Waals surface area contributed by atoms with E-state index in [1.165, 1.54) is 0 Å². The van der Waals surface area contributed by atoms with Crippen LogP contribution in [0.4, 0.5) is 0 Å². The van der Waals surface area contributed by atoms with Crippen molar-refractivity contribution in [3.05, 3.63) is 0 Å². The fraction of sp³-hybridized carbons (Fsp3) is 0.889. The van der Waals surface area contributed by atoms with Crippen LogP contribution >= 0.6 is 11.6 Å². The molecule has 1 unspecified atom stereocenters. The molecule has 3 heteroatoms. The Morgan fingerprint density at radius 3 is 2.50 bits per heavy atom. The van der Waals surface area contributed by atoms with E-state index in [0.29, 0.717) is 13.2 Å². The lowest BCUT2D eigenvalue weighted by molar-refractivity contribution is 0.114. The predicted molar refractivity (Wildman–Crippen MR) is 50.1 cm³/mol. The minimum absolute atomic E-state index is 0.286. The molecule has 0 bridgehead atoms. The normalized spacial score (nSPS) is 13.9. The monoisotopic (exact) mass is 189 g/mol. The average molecular weight is 190 g/mol. The molecule has 0 aliphatic heterocycles. The number of rotatable bonds is 4. The van der Waals surface area contributed by atoms with E-state index in [1.807, 2.05) is 6.07 Å². The van der Waals surface area contributed by atoms with Crippen LogP contribution in [0.2, 0.25) is 0 Å². The molecule has 70 valence electrons. The molecule has 0 radical (unpaired) electrons. The molecule has 0 fully saturated rings. The molecule has 0 rings (SSSR count). The first kappa shape index (κ1) is 11.7. The minimum atomic E-state index is -0.509. The van der Waals surface area contributed by atoms with Gasteiger partial charge in [0.05, 0.1) is 12.7 Å². The van der Waals surface area contributed by atoms with E-state index >= 15 is 0 Å². The summed E-state index contributed by atoms with van der Waals surface area (Å²) in [5.41, 5.74) is 0.286. The Balaban J connectivity index is 3.29. The first-order valence-electron chi connectivity index (χ1n) is 4.07. The summed E-state index contributed by atoms with van der Waals surface area (Å²) in [5, 5.41) is 7.82. The topological polar surface area (TPSA) is 33.0 Å². The highest BCUT2D eigenvalue weighted by molar-refractivity contribution is 6.22. The molecule has 0 saturated carbocycles. The van der Waals surface area contributed by atoms with Crippen molar-refractivity contribution < 1.29 is 4.74 Å². The molecule has 0 spiro atoms. The van der Waals surface area contributed by atoms with Crippen molar-refractivity contribution >= 4 is 11.6 Å². The molecule has 1 atom stereocenters. The maximum atomic E-state index is 8.33. The second-order valence-corrected chi connectivity index (χ2v) is 4.51. The summed E-state index contributed by atoms with van der Waals surface area (Å²) >= 11 is 5.53. The number of halogens is 1. The van der Waals surface area contributed by atoms with E-state index in [4.69, 9.17) is 21.6 Å². The molecule has 0 aliphatic carbocycles. The van der Waals surface area contributed by atoms with Gasteiger partial charge in [-0.2, -0.15) is 5.26 Å². The Labute approximate surface area is 79.5 Å². The standard InChI is InChI=1S/C9H16ClNO/c1-9(2,3)4-5-12-7-8(10)6-11/h8H,4-5,7H2,1-3H3. The zero-order valence-electron chi connectivity index (χ0n) is 7.93. The molecule has 0 saturated heterocycles. The van der Waals surface area contributed by atoms with Gasteiger partial charge in [-0.25, -0.2) is 0 Å². The molecule has 0 heterocycles. The minimum Gasteiger partial charge on any atom is -0.379 e. The van der Waals surface area contributed by atoms with Gasteiger partial charge in [0, 0.05) is 6.61 Å². The first-order valence-corrected chi connectivity index (χ1v) is 4.51.